The molecule has 1 unspecified atom stereocenters. The Morgan fingerprint density at radius 1 is 1.35 bits per heavy atom. The molecule has 1 aromatic carbocycles. The first-order valence-electron chi connectivity index (χ1n) is 7.43. The number of hydrogen-bond acceptors (Lipinski definition) is 3. The quantitative estimate of drug-likeness (QED) is 0.574. The van der Waals surface area contributed by atoms with Crippen molar-refractivity contribution in [3.8, 4) is 5.75 Å². The van der Waals surface area contributed by atoms with Crippen molar-refractivity contribution in [3.63, 3.8) is 0 Å². The van der Waals surface area contributed by atoms with Crippen molar-refractivity contribution >= 4 is 33.2 Å². The second-order valence-corrected chi connectivity index (χ2v) is 6.87. The normalized spacial score (nSPS) is 12.8. The summed E-state index contributed by atoms with van der Waals surface area (Å²) in [4.78, 5) is 4.27. The van der Waals surface area contributed by atoms with Gasteiger partial charge in [-0.3, -0.25) is 4.99 Å². The molecule has 2 aromatic rings. The molecule has 1 aromatic heterocycles. The number of hydrogen-bond donors (Lipinski definition) is 2. The van der Waals surface area contributed by atoms with Gasteiger partial charge in [-0.15, -0.1) is 0 Å². The van der Waals surface area contributed by atoms with Gasteiger partial charge in [0.15, 0.2) is 5.96 Å². The van der Waals surface area contributed by atoms with Gasteiger partial charge in [-0.2, -0.15) is 11.3 Å². The van der Waals surface area contributed by atoms with Gasteiger partial charge >= 0.3 is 0 Å². The largest absolute Gasteiger partial charge is 0.496 e. The molecule has 0 aliphatic carbocycles. The lowest BCUT2D eigenvalue weighted by atomic mass is 10.1. The first-order valence-corrected chi connectivity index (χ1v) is 9.16. The molecule has 0 spiro atoms. The van der Waals surface area contributed by atoms with Crippen molar-refractivity contribution in [3.05, 3.63) is 50.6 Å². The monoisotopic (exact) mass is 395 g/mol. The summed E-state index contributed by atoms with van der Waals surface area (Å²) in [6, 6.07) is 8.21. The number of methoxy groups -OCH3 is 1. The lowest BCUT2D eigenvalue weighted by Gasteiger charge is -2.16. The zero-order valence-corrected chi connectivity index (χ0v) is 16.0. The molecule has 0 saturated carbocycles. The molecule has 0 bridgehead atoms. The molecule has 23 heavy (non-hydrogen) atoms. The van der Waals surface area contributed by atoms with E-state index < -0.39 is 0 Å². The Hall–Kier alpha value is -1.53. The van der Waals surface area contributed by atoms with E-state index in [-0.39, 0.29) is 0 Å². The van der Waals surface area contributed by atoms with Crippen molar-refractivity contribution in [2.45, 2.75) is 19.4 Å². The number of rotatable bonds is 6. The lowest BCUT2D eigenvalue weighted by molar-refractivity contribution is 0.412. The van der Waals surface area contributed by atoms with Gasteiger partial charge in [0.1, 0.15) is 5.75 Å². The maximum Gasteiger partial charge on any atom is 0.191 e. The van der Waals surface area contributed by atoms with Gasteiger partial charge in [-0.1, -0.05) is 13.0 Å². The summed E-state index contributed by atoms with van der Waals surface area (Å²) in [5.41, 5.74) is 2.52. The molecule has 0 saturated heterocycles. The van der Waals surface area contributed by atoms with Crippen LogP contribution >= 0.6 is 27.3 Å². The number of thiophene rings is 1. The highest BCUT2D eigenvalue weighted by Crippen LogP contribution is 2.25. The summed E-state index contributed by atoms with van der Waals surface area (Å²) in [6.45, 7) is 3.76. The number of aliphatic imine (C=N–C) groups is 1. The smallest absolute Gasteiger partial charge is 0.191 e. The number of nitrogens with one attached hydrogen (secondary N) is 2. The molecule has 0 fully saturated rings. The van der Waals surface area contributed by atoms with Crippen LogP contribution in [0.1, 0.15) is 24.0 Å². The predicted molar refractivity (Wildman–Crippen MR) is 102 cm³/mol. The third kappa shape index (κ3) is 5.25. The van der Waals surface area contributed by atoms with Gasteiger partial charge in [-0.05, 0) is 61.9 Å². The standard InChI is InChI=1S/C17H22BrN3OS/c1-12(14-6-7-23-11-14)9-20-17(19-2)21-10-13-4-5-16(22-3)15(18)8-13/h4-8,11-12H,9-10H2,1-3H3,(H2,19,20,21). The molecule has 124 valence electrons. The molecule has 0 aliphatic heterocycles. The molecule has 0 aliphatic rings. The lowest BCUT2D eigenvalue weighted by Crippen LogP contribution is -2.38. The zero-order valence-electron chi connectivity index (χ0n) is 13.6. The van der Waals surface area contributed by atoms with Crippen LogP contribution in [0.2, 0.25) is 0 Å². The molecule has 0 amide bonds. The van der Waals surface area contributed by atoms with E-state index >= 15 is 0 Å². The van der Waals surface area contributed by atoms with Crippen LogP contribution in [-0.4, -0.2) is 26.7 Å². The molecule has 2 rings (SSSR count). The Morgan fingerprint density at radius 3 is 2.78 bits per heavy atom. The zero-order chi connectivity index (χ0) is 16.7. The van der Waals surface area contributed by atoms with Crippen LogP contribution in [0.4, 0.5) is 0 Å². The number of ether oxygens (including phenoxy) is 1. The molecule has 1 heterocycles. The third-order valence-corrected chi connectivity index (χ3v) is 4.91. The first-order chi connectivity index (χ1) is 11.1. The van der Waals surface area contributed by atoms with E-state index in [0.29, 0.717) is 12.5 Å². The van der Waals surface area contributed by atoms with Gasteiger partial charge in [0, 0.05) is 20.1 Å². The van der Waals surface area contributed by atoms with E-state index in [1.54, 1.807) is 25.5 Å². The highest BCUT2D eigenvalue weighted by atomic mass is 79.9. The Labute approximate surface area is 150 Å². The summed E-state index contributed by atoms with van der Waals surface area (Å²) < 4.78 is 6.20. The summed E-state index contributed by atoms with van der Waals surface area (Å²) in [5.74, 6) is 2.09. The number of nitrogens with zero attached hydrogens (tertiary/aromatic N) is 1. The van der Waals surface area contributed by atoms with Crippen LogP contribution in [0.3, 0.4) is 0 Å². The predicted octanol–water partition coefficient (Wildman–Crippen LogP) is 3.99. The molecule has 4 nitrogen and oxygen atoms in total. The average molecular weight is 396 g/mol. The Balaban J connectivity index is 1.84. The average Bonchev–Trinajstić information content (AvgIpc) is 3.09. The number of benzene rings is 1. The van der Waals surface area contributed by atoms with Crippen LogP contribution in [0.5, 0.6) is 5.75 Å². The highest BCUT2D eigenvalue weighted by molar-refractivity contribution is 9.10. The van der Waals surface area contributed by atoms with Crippen LogP contribution in [0.25, 0.3) is 0 Å². The summed E-state index contributed by atoms with van der Waals surface area (Å²) in [5, 5.41) is 11.0. The van der Waals surface area contributed by atoms with E-state index in [2.05, 4.69) is 55.3 Å². The van der Waals surface area contributed by atoms with Crippen molar-refractivity contribution in [2.24, 2.45) is 4.99 Å². The van der Waals surface area contributed by atoms with Crippen LogP contribution < -0.4 is 15.4 Å². The van der Waals surface area contributed by atoms with Crippen molar-refractivity contribution in [1.82, 2.24) is 10.6 Å². The Kier molecular flexibility index (Phi) is 6.92. The fourth-order valence-corrected chi connectivity index (χ4v) is 3.52. The Morgan fingerprint density at radius 2 is 2.17 bits per heavy atom. The van der Waals surface area contributed by atoms with E-state index in [0.717, 1.165) is 28.3 Å². The van der Waals surface area contributed by atoms with Crippen molar-refractivity contribution in [2.75, 3.05) is 20.7 Å². The Bertz CT molecular complexity index is 643. The summed E-state index contributed by atoms with van der Waals surface area (Å²) in [7, 11) is 3.45. The molecule has 2 N–H and O–H groups in total. The molecule has 6 heteroatoms. The molecular weight excluding hydrogens is 374 g/mol. The second-order valence-electron chi connectivity index (χ2n) is 5.23. The fraction of sp³-hybridized carbons (Fsp3) is 0.353. The van der Waals surface area contributed by atoms with Crippen LogP contribution in [0.15, 0.2) is 44.5 Å². The van der Waals surface area contributed by atoms with Gasteiger partial charge in [0.25, 0.3) is 0 Å². The molecule has 1 atom stereocenters. The number of halogens is 1. The minimum absolute atomic E-state index is 0.454. The summed E-state index contributed by atoms with van der Waals surface area (Å²) in [6.07, 6.45) is 0. The van der Waals surface area contributed by atoms with E-state index in [4.69, 9.17) is 4.74 Å². The van der Waals surface area contributed by atoms with Crippen molar-refractivity contribution in [1.29, 1.82) is 0 Å². The minimum atomic E-state index is 0.454. The molecular formula is C17H22BrN3OS. The fourth-order valence-electron chi connectivity index (χ4n) is 2.15. The van der Waals surface area contributed by atoms with Crippen molar-refractivity contribution < 1.29 is 4.74 Å². The maximum atomic E-state index is 5.24. The first kappa shape index (κ1) is 17.8. The van der Waals surface area contributed by atoms with Gasteiger partial charge < -0.3 is 15.4 Å². The van der Waals surface area contributed by atoms with Gasteiger partial charge in [0.2, 0.25) is 0 Å². The number of guanidine groups is 1. The second kappa shape index (κ2) is 8.93. The van der Waals surface area contributed by atoms with Crippen LogP contribution in [-0.2, 0) is 6.54 Å². The van der Waals surface area contributed by atoms with E-state index in [1.807, 2.05) is 18.2 Å². The minimum Gasteiger partial charge on any atom is -0.496 e. The molecule has 0 radical (unpaired) electrons. The maximum absolute atomic E-state index is 5.24. The highest BCUT2D eigenvalue weighted by Gasteiger charge is 2.07. The van der Waals surface area contributed by atoms with Crippen LogP contribution in [0, 0.1) is 0 Å². The third-order valence-electron chi connectivity index (χ3n) is 3.59. The summed E-state index contributed by atoms with van der Waals surface area (Å²) >= 11 is 5.24. The van der Waals surface area contributed by atoms with E-state index in [9.17, 15) is 0 Å². The van der Waals surface area contributed by atoms with Gasteiger partial charge in [-0.25, -0.2) is 0 Å². The van der Waals surface area contributed by atoms with Gasteiger partial charge in [0.05, 0.1) is 11.6 Å². The van der Waals surface area contributed by atoms with E-state index in [1.165, 1.54) is 5.56 Å². The SMILES string of the molecule is CN=C(NCc1ccc(OC)c(Br)c1)NCC(C)c1ccsc1. The topological polar surface area (TPSA) is 45.7 Å².